The van der Waals surface area contributed by atoms with Crippen LogP contribution < -0.4 is 5.73 Å². The molecule has 0 aliphatic rings. The molecule has 0 saturated heterocycles. The van der Waals surface area contributed by atoms with Gasteiger partial charge in [0, 0.05) is 29.7 Å². The lowest BCUT2D eigenvalue weighted by Gasteiger charge is -2.05. The third-order valence-corrected chi connectivity index (χ3v) is 2.90. The van der Waals surface area contributed by atoms with Crippen molar-refractivity contribution < 1.29 is 0 Å². The van der Waals surface area contributed by atoms with Crippen LogP contribution in [0.25, 0.3) is 10.9 Å². The van der Waals surface area contributed by atoms with Gasteiger partial charge in [-0.15, -0.1) is 0 Å². The van der Waals surface area contributed by atoms with Crippen molar-refractivity contribution in [3.05, 3.63) is 35.5 Å². The van der Waals surface area contributed by atoms with Gasteiger partial charge in [0.1, 0.15) is 0 Å². The summed E-state index contributed by atoms with van der Waals surface area (Å²) < 4.78 is 2.20. The van der Waals surface area contributed by atoms with Crippen molar-refractivity contribution in [2.75, 3.05) is 0 Å². The number of nitrogens with zero attached hydrogens (tertiary/aromatic N) is 1. The van der Waals surface area contributed by atoms with Crippen LogP contribution in [-0.4, -0.2) is 4.57 Å². The largest absolute Gasteiger partial charge is 0.348 e. The van der Waals surface area contributed by atoms with Crippen molar-refractivity contribution in [3.63, 3.8) is 0 Å². The molecule has 0 radical (unpaired) electrons. The molecule has 2 heteroatoms. The molecular formula is C12H16N2. The molecular weight excluding hydrogens is 172 g/mol. The Hall–Kier alpha value is -1.28. The molecule has 1 aromatic heterocycles. The van der Waals surface area contributed by atoms with E-state index in [1.54, 1.807) is 0 Å². The van der Waals surface area contributed by atoms with Crippen LogP contribution in [0.1, 0.15) is 24.2 Å². The predicted octanol–water partition coefficient (Wildman–Crippen LogP) is 2.51. The maximum atomic E-state index is 5.98. The zero-order valence-electron chi connectivity index (χ0n) is 8.91. The van der Waals surface area contributed by atoms with Gasteiger partial charge in [0.05, 0.1) is 0 Å². The molecule has 0 fully saturated rings. The summed E-state index contributed by atoms with van der Waals surface area (Å²) >= 11 is 0. The Labute approximate surface area is 84.3 Å². The number of nitrogens with two attached hydrogens (primary N) is 1. The van der Waals surface area contributed by atoms with E-state index in [1.165, 1.54) is 22.2 Å². The molecule has 0 spiro atoms. The van der Waals surface area contributed by atoms with Gasteiger partial charge in [0.2, 0.25) is 0 Å². The summed E-state index contributed by atoms with van der Waals surface area (Å²) in [6, 6.07) is 8.50. The Bertz CT molecular complexity index is 466. The van der Waals surface area contributed by atoms with E-state index in [-0.39, 0.29) is 6.04 Å². The SMILES string of the molecule is Cc1c([C@@H](C)N)c2ccccc2n1C. The number of hydrogen-bond donors (Lipinski definition) is 1. The lowest BCUT2D eigenvalue weighted by atomic mass is 10.1. The van der Waals surface area contributed by atoms with Gasteiger partial charge in [-0.1, -0.05) is 18.2 Å². The smallest absolute Gasteiger partial charge is 0.0483 e. The predicted molar refractivity (Wildman–Crippen MR) is 60.3 cm³/mol. The highest BCUT2D eigenvalue weighted by atomic mass is 14.9. The standard InChI is InChI=1S/C12H16N2/c1-8(13)12-9(2)14(3)11-7-5-4-6-10(11)12/h4-8H,13H2,1-3H3/t8-/m1/s1. The molecule has 2 rings (SSSR count). The van der Waals surface area contributed by atoms with Crippen LogP contribution in [0.4, 0.5) is 0 Å². The lowest BCUT2D eigenvalue weighted by molar-refractivity contribution is 0.795. The van der Waals surface area contributed by atoms with Gasteiger partial charge in [-0.3, -0.25) is 0 Å². The van der Waals surface area contributed by atoms with Crippen LogP contribution in [0.5, 0.6) is 0 Å². The van der Waals surface area contributed by atoms with Crippen molar-refractivity contribution in [3.8, 4) is 0 Å². The van der Waals surface area contributed by atoms with E-state index in [0.29, 0.717) is 0 Å². The van der Waals surface area contributed by atoms with Crippen molar-refractivity contribution in [2.45, 2.75) is 19.9 Å². The Morgan fingerprint density at radius 1 is 1.29 bits per heavy atom. The highest BCUT2D eigenvalue weighted by Gasteiger charge is 2.13. The first-order valence-electron chi connectivity index (χ1n) is 4.92. The monoisotopic (exact) mass is 188 g/mol. The Morgan fingerprint density at radius 2 is 1.93 bits per heavy atom. The van der Waals surface area contributed by atoms with Gasteiger partial charge < -0.3 is 10.3 Å². The van der Waals surface area contributed by atoms with Crippen molar-refractivity contribution in [1.29, 1.82) is 0 Å². The Balaban J connectivity index is 2.88. The maximum Gasteiger partial charge on any atom is 0.0483 e. The second kappa shape index (κ2) is 3.14. The molecule has 0 amide bonds. The van der Waals surface area contributed by atoms with Crippen LogP contribution in [0, 0.1) is 6.92 Å². The number of rotatable bonds is 1. The van der Waals surface area contributed by atoms with E-state index < -0.39 is 0 Å². The first-order chi connectivity index (χ1) is 6.63. The third kappa shape index (κ3) is 1.15. The molecule has 1 atom stereocenters. The highest BCUT2D eigenvalue weighted by Crippen LogP contribution is 2.28. The molecule has 2 aromatic rings. The highest BCUT2D eigenvalue weighted by molar-refractivity contribution is 5.85. The molecule has 1 aromatic carbocycles. The average molecular weight is 188 g/mol. The van der Waals surface area contributed by atoms with Crippen LogP contribution in [0.15, 0.2) is 24.3 Å². The minimum atomic E-state index is 0.0982. The zero-order valence-corrected chi connectivity index (χ0v) is 8.91. The molecule has 1 heterocycles. The summed E-state index contributed by atoms with van der Waals surface area (Å²) in [6.07, 6.45) is 0. The molecule has 14 heavy (non-hydrogen) atoms. The quantitative estimate of drug-likeness (QED) is 0.732. The van der Waals surface area contributed by atoms with Crippen molar-refractivity contribution in [2.24, 2.45) is 12.8 Å². The molecule has 2 nitrogen and oxygen atoms in total. The van der Waals surface area contributed by atoms with E-state index in [9.17, 15) is 0 Å². The van der Waals surface area contributed by atoms with E-state index in [1.807, 2.05) is 6.92 Å². The average Bonchev–Trinajstić information content (AvgIpc) is 2.41. The topological polar surface area (TPSA) is 30.9 Å². The molecule has 0 unspecified atom stereocenters. The second-order valence-corrected chi connectivity index (χ2v) is 3.86. The van der Waals surface area contributed by atoms with Crippen LogP contribution >= 0.6 is 0 Å². The lowest BCUT2D eigenvalue weighted by Crippen LogP contribution is -2.06. The van der Waals surface area contributed by atoms with Crippen LogP contribution in [0.3, 0.4) is 0 Å². The summed E-state index contributed by atoms with van der Waals surface area (Å²) in [4.78, 5) is 0. The van der Waals surface area contributed by atoms with E-state index in [4.69, 9.17) is 5.73 Å². The molecule has 2 N–H and O–H groups in total. The fourth-order valence-electron chi connectivity index (χ4n) is 2.12. The first kappa shape index (κ1) is 9.28. The maximum absolute atomic E-state index is 5.98. The summed E-state index contributed by atoms with van der Waals surface area (Å²) in [5.74, 6) is 0. The van der Waals surface area contributed by atoms with E-state index in [2.05, 4.69) is 42.8 Å². The first-order valence-corrected chi connectivity index (χ1v) is 4.92. The van der Waals surface area contributed by atoms with Crippen LogP contribution in [-0.2, 0) is 7.05 Å². The molecule has 0 bridgehead atoms. The van der Waals surface area contributed by atoms with Gasteiger partial charge in [0.25, 0.3) is 0 Å². The number of para-hydroxylation sites is 1. The second-order valence-electron chi connectivity index (χ2n) is 3.86. The number of benzene rings is 1. The molecule has 74 valence electrons. The van der Waals surface area contributed by atoms with Gasteiger partial charge in [0.15, 0.2) is 0 Å². The fraction of sp³-hybridized carbons (Fsp3) is 0.333. The molecule has 0 saturated carbocycles. The van der Waals surface area contributed by atoms with Crippen molar-refractivity contribution in [1.82, 2.24) is 4.57 Å². The van der Waals surface area contributed by atoms with Crippen LogP contribution in [0.2, 0.25) is 0 Å². The summed E-state index contributed by atoms with van der Waals surface area (Å²) in [7, 11) is 2.09. The minimum Gasteiger partial charge on any atom is -0.348 e. The summed E-state index contributed by atoms with van der Waals surface area (Å²) in [5, 5.41) is 1.28. The number of aromatic nitrogens is 1. The van der Waals surface area contributed by atoms with E-state index in [0.717, 1.165) is 0 Å². The number of hydrogen-bond acceptors (Lipinski definition) is 1. The Kier molecular flexibility index (Phi) is 2.08. The van der Waals surface area contributed by atoms with Gasteiger partial charge >= 0.3 is 0 Å². The van der Waals surface area contributed by atoms with Gasteiger partial charge in [-0.05, 0) is 25.5 Å². The number of aryl methyl sites for hydroxylation is 1. The summed E-state index contributed by atoms with van der Waals surface area (Å²) in [6.45, 7) is 4.16. The minimum absolute atomic E-state index is 0.0982. The molecule has 0 aliphatic heterocycles. The van der Waals surface area contributed by atoms with Crippen molar-refractivity contribution >= 4 is 10.9 Å². The summed E-state index contributed by atoms with van der Waals surface area (Å²) in [5.41, 5.74) is 9.77. The Morgan fingerprint density at radius 3 is 2.57 bits per heavy atom. The van der Waals surface area contributed by atoms with Gasteiger partial charge in [-0.25, -0.2) is 0 Å². The number of fused-ring (bicyclic) bond motifs is 1. The van der Waals surface area contributed by atoms with Gasteiger partial charge in [-0.2, -0.15) is 0 Å². The zero-order chi connectivity index (χ0) is 10.3. The normalized spacial score (nSPS) is 13.4. The third-order valence-electron chi connectivity index (χ3n) is 2.90. The molecule has 0 aliphatic carbocycles. The van der Waals surface area contributed by atoms with E-state index >= 15 is 0 Å². The fourth-order valence-corrected chi connectivity index (χ4v) is 2.12.